The minimum atomic E-state index is -0.146. The van der Waals surface area contributed by atoms with Crippen LogP contribution in [0.4, 0.5) is 0 Å². The first-order valence-electron chi connectivity index (χ1n) is 9.18. The SMILES string of the molecule is O=C(c1ccco1)N(Cc1cc(=O)[nH]c2ccccc12)C1CCCCC1. The molecule has 0 saturated heterocycles. The van der Waals surface area contributed by atoms with Crippen LogP contribution < -0.4 is 5.56 Å². The first kappa shape index (κ1) is 16.6. The number of carbonyl (C=O) groups is 1. The Kier molecular flexibility index (Phi) is 4.61. The van der Waals surface area contributed by atoms with E-state index in [1.807, 2.05) is 29.2 Å². The van der Waals surface area contributed by atoms with Crippen LogP contribution in [0.2, 0.25) is 0 Å². The molecule has 1 fully saturated rings. The van der Waals surface area contributed by atoms with Gasteiger partial charge in [-0.05, 0) is 36.6 Å². The van der Waals surface area contributed by atoms with Crippen molar-refractivity contribution in [2.75, 3.05) is 0 Å². The first-order chi connectivity index (χ1) is 12.7. The van der Waals surface area contributed by atoms with E-state index in [0.717, 1.165) is 42.1 Å². The number of benzene rings is 1. The maximum atomic E-state index is 13.1. The molecule has 1 saturated carbocycles. The number of rotatable bonds is 4. The summed E-state index contributed by atoms with van der Waals surface area (Å²) in [6.07, 6.45) is 6.98. The molecule has 0 radical (unpaired) electrons. The molecule has 3 aromatic rings. The Morgan fingerprint density at radius 2 is 1.92 bits per heavy atom. The number of aromatic nitrogens is 1. The monoisotopic (exact) mass is 350 g/mol. The average Bonchev–Trinajstić information content (AvgIpc) is 3.21. The van der Waals surface area contributed by atoms with Crippen LogP contribution in [0.15, 0.2) is 57.9 Å². The zero-order valence-corrected chi connectivity index (χ0v) is 14.6. The van der Waals surface area contributed by atoms with E-state index in [0.29, 0.717) is 12.3 Å². The second-order valence-corrected chi connectivity index (χ2v) is 6.91. The summed E-state index contributed by atoms with van der Waals surface area (Å²) < 4.78 is 5.36. The van der Waals surface area contributed by atoms with Crippen molar-refractivity contribution < 1.29 is 9.21 Å². The molecule has 1 aliphatic rings. The van der Waals surface area contributed by atoms with Gasteiger partial charge >= 0.3 is 0 Å². The van der Waals surface area contributed by atoms with Crippen molar-refractivity contribution in [1.82, 2.24) is 9.88 Å². The molecule has 1 amide bonds. The number of amides is 1. The maximum Gasteiger partial charge on any atom is 0.290 e. The molecule has 0 aliphatic heterocycles. The molecular weight excluding hydrogens is 328 g/mol. The number of para-hydroxylation sites is 1. The summed E-state index contributed by atoms with van der Waals surface area (Å²) in [7, 11) is 0. The fourth-order valence-corrected chi connectivity index (χ4v) is 3.89. The Morgan fingerprint density at radius 1 is 1.12 bits per heavy atom. The number of furan rings is 1. The number of carbonyl (C=O) groups excluding carboxylic acids is 1. The zero-order chi connectivity index (χ0) is 17.9. The third kappa shape index (κ3) is 3.29. The molecule has 0 unspecified atom stereocenters. The molecule has 1 aromatic carbocycles. The number of nitrogens with one attached hydrogen (secondary N) is 1. The third-order valence-corrected chi connectivity index (χ3v) is 5.19. The van der Waals surface area contributed by atoms with Crippen LogP contribution in [0.3, 0.4) is 0 Å². The van der Waals surface area contributed by atoms with E-state index in [4.69, 9.17) is 4.42 Å². The molecule has 1 aliphatic carbocycles. The highest BCUT2D eigenvalue weighted by Crippen LogP contribution is 2.27. The van der Waals surface area contributed by atoms with Crippen LogP contribution in [0, 0.1) is 0 Å². The van der Waals surface area contributed by atoms with Gasteiger partial charge in [-0.15, -0.1) is 0 Å². The van der Waals surface area contributed by atoms with E-state index >= 15 is 0 Å². The smallest absolute Gasteiger partial charge is 0.290 e. The van der Waals surface area contributed by atoms with Gasteiger partial charge in [-0.25, -0.2) is 0 Å². The van der Waals surface area contributed by atoms with Crippen molar-refractivity contribution in [3.05, 3.63) is 70.4 Å². The topological polar surface area (TPSA) is 66.3 Å². The quantitative estimate of drug-likeness (QED) is 0.770. The Morgan fingerprint density at radius 3 is 2.69 bits per heavy atom. The fraction of sp³-hybridized carbons (Fsp3) is 0.333. The Labute approximate surface area is 151 Å². The van der Waals surface area contributed by atoms with Gasteiger partial charge in [-0.3, -0.25) is 9.59 Å². The first-order valence-corrected chi connectivity index (χ1v) is 9.18. The summed E-state index contributed by atoms with van der Waals surface area (Å²) in [6, 6.07) is 12.9. The molecule has 26 heavy (non-hydrogen) atoms. The van der Waals surface area contributed by atoms with Crippen LogP contribution >= 0.6 is 0 Å². The molecule has 0 atom stereocenters. The molecule has 0 bridgehead atoms. The standard InChI is InChI=1S/C21H22N2O3/c24-20-13-15(17-9-4-5-10-18(17)22-20)14-23(16-7-2-1-3-8-16)21(25)19-11-6-12-26-19/h4-6,9-13,16H,1-3,7-8,14H2,(H,22,24). The minimum Gasteiger partial charge on any atom is -0.459 e. The number of hydrogen-bond donors (Lipinski definition) is 1. The van der Waals surface area contributed by atoms with E-state index in [-0.39, 0.29) is 17.5 Å². The lowest BCUT2D eigenvalue weighted by Gasteiger charge is -2.34. The van der Waals surface area contributed by atoms with Crippen LogP contribution in [0.5, 0.6) is 0 Å². The van der Waals surface area contributed by atoms with Crippen molar-refractivity contribution in [1.29, 1.82) is 0 Å². The maximum absolute atomic E-state index is 13.1. The van der Waals surface area contributed by atoms with Crippen molar-refractivity contribution in [3.63, 3.8) is 0 Å². The van der Waals surface area contributed by atoms with Gasteiger partial charge in [-0.1, -0.05) is 37.5 Å². The molecule has 2 aromatic heterocycles. The van der Waals surface area contributed by atoms with Crippen molar-refractivity contribution in [3.8, 4) is 0 Å². The van der Waals surface area contributed by atoms with Crippen molar-refractivity contribution >= 4 is 16.8 Å². The molecular formula is C21H22N2O3. The second kappa shape index (κ2) is 7.20. The van der Waals surface area contributed by atoms with Crippen LogP contribution in [-0.4, -0.2) is 21.8 Å². The summed E-state index contributed by atoms with van der Waals surface area (Å²) in [5.41, 5.74) is 1.52. The molecule has 134 valence electrons. The van der Waals surface area contributed by atoms with Gasteiger partial charge in [0.1, 0.15) is 0 Å². The highest BCUT2D eigenvalue weighted by atomic mass is 16.3. The predicted octanol–water partition coefficient (Wildman–Crippen LogP) is 4.10. The number of H-pyrrole nitrogens is 1. The molecule has 0 spiro atoms. The summed E-state index contributed by atoms with van der Waals surface area (Å²) >= 11 is 0. The van der Waals surface area contributed by atoms with E-state index in [1.165, 1.54) is 12.7 Å². The summed E-state index contributed by atoms with van der Waals surface area (Å²) in [6.45, 7) is 0.411. The van der Waals surface area contributed by atoms with Gasteiger partial charge in [0.05, 0.1) is 6.26 Å². The van der Waals surface area contributed by atoms with Gasteiger partial charge in [0.15, 0.2) is 5.76 Å². The molecule has 5 heteroatoms. The van der Waals surface area contributed by atoms with Crippen LogP contribution in [-0.2, 0) is 6.54 Å². The zero-order valence-electron chi connectivity index (χ0n) is 14.6. The van der Waals surface area contributed by atoms with Gasteiger partial charge in [0.25, 0.3) is 5.91 Å². The Balaban J connectivity index is 1.73. The largest absolute Gasteiger partial charge is 0.459 e. The number of fused-ring (bicyclic) bond motifs is 1. The lowest BCUT2D eigenvalue weighted by molar-refractivity contribution is 0.0582. The van der Waals surface area contributed by atoms with Crippen molar-refractivity contribution in [2.45, 2.75) is 44.7 Å². The highest BCUT2D eigenvalue weighted by molar-refractivity contribution is 5.92. The lowest BCUT2D eigenvalue weighted by Crippen LogP contribution is -2.41. The average molecular weight is 350 g/mol. The number of hydrogen-bond acceptors (Lipinski definition) is 3. The van der Waals surface area contributed by atoms with E-state index in [9.17, 15) is 9.59 Å². The predicted molar refractivity (Wildman–Crippen MR) is 100 cm³/mol. The van der Waals surface area contributed by atoms with Crippen LogP contribution in [0.25, 0.3) is 10.9 Å². The van der Waals surface area contributed by atoms with Gasteiger partial charge in [0, 0.05) is 29.6 Å². The third-order valence-electron chi connectivity index (χ3n) is 5.19. The van der Waals surface area contributed by atoms with E-state index in [1.54, 1.807) is 18.2 Å². The molecule has 2 heterocycles. The highest BCUT2D eigenvalue weighted by Gasteiger charge is 2.28. The normalized spacial score (nSPS) is 15.2. The number of nitrogens with zero attached hydrogens (tertiary/aromatic N) is 1. The Bertz CT molecular complexity index is 953. The molecule has 1 N–H and O–H groups in total. The summed E-state index contributed by atoms with van der Waals surface area (Å²) in [5.74, 6) is 0.246. The minimum absolute atomic E-state index is 0.105. The molecule has 4 rings (SSSR count). The number of aromatic amines is 1. The molecule has 5 nitrogen and oxygen atoms in total. The van der Waals surface area contributed by atoms with Gasteiger partial charge < -0.3 is 14.3 Å². The fourth-order valence-electron chi connectivity index (χ4n) is 3.89. The van der Waals surface area contributed by atoms with Crippen molar-refractivity contribution in [2.24, 2.45) is 0 Å². The van der Waals surface area contributed by atoms with Gasteiger partial charge in [-0.2, -0.15) is 0 Å². The lowest BCUT2D eigenvalue weighted by atomic mass is 9.93. The second-order valence-electron chi connectivity index (χ2n) is 6.91. The van der Waals surface area contributed by atoms with Gasteiger partial charge in [0.2, 0.25) is 5.56 Å². The summed E-state index contributed by atoms with van der Waals surface area (Å²) in [5, 5.41) is 0.972. The van der Waals surface area contributed by atoms with E-state index < -0.39 is 0 Å². The van der Waals surface area contributed by atoms with Crippen LogP contribution in [0.1, 0.15) is 48.2 Å². The summed E-state index contributed by atoms with van der Waals surface area (Å²) in [4.78, 5) is 29.9. The number of pyridine rings is 1. The van der Waals surface area contributed by atoms with E-state index in [2.05, 4.69) is 4.98 Å². The Hall–Kier alpha value is -2.82.